The average Bonchev–Trinajstić information content (AvgIpc) is 3.12. The van der Waals surface area contributed by atoms with Crippen LogP contribution in [0.5, 0.6) is 0 Å². The molecule has 35 heavy (non-hydrogen) atoms. The zero-order chi connectivity index (χ0) is 25.7. The lowest BCUT2D eigenvalue weighted by Gasteiger charge is -2.38. The molecule has 12 heteroatoms. The minimum absolute atomic E-state index is 0.0124. The lowest BCUT2D eigenvalue weighted by molar-refractivity contribution is -0.192. The lowest BCUT2D eigenvalue weighted by atomic mass is 9.83. The van der Waals surface area contributed by atoms with E-state index in [1.54, 1.807) is 6.07 Å². The highest BCUT2D eigenvalue weighted by Crippen LogP contribution is 2.40. The average molecular weight is 534 g/mol. The molecule has 1 fully saturated rings. The number of benzene rings is 1. The second kappa shape index (κ2) is 9.24. The van der Waals surface area contributed by atoms with Gasteiger partial charge in [-0.2, -0.15) is 13.2 Å². The molecule has 1 aromatic heterocycles. The number of sulfone groups is 1. The standard InChI is InChI=1S/C23H24ClF4N3O3S/c1-31(22(32)13-8-16(9-13)35(2,33)34)21(23(26,27)28)19-6-4-14(11-29-19)30-15-7-12-3-5-18(24)20(25)17(12)10-15/h3-6,11,13,15-16,21,30H,7-10H2,1-2H3/t13?,15?,16?,21-/m0/s1. The van der Waals surface area contributed by atoms with Crippen LogP contribution in [0.4, 0.5) is 23.2 Å². The third-order valence-corrected chi connectivity index (χ3v) is 8.63. The van der Waals surface area contributed by atoms with E-state index in [9.17, 15) is 30.8 Å². The smallest absolute Gasteiger partial charge is 0.380 e. The van der Waals surface area contributed by atoms with Gasteiger partial charge in [-0.3, -0.25) is 9.78 Å². The summed E-state index contributed by atoms with van der Waals surface area (Å²) >= 11 is 5.84. The van der Waals surface area contributed by atoms with Crippen molar-refractivity contribution < 1.29 is 30.8 Å². The number of carbonyl (C=O) groups is 1. The molecule has 2 aliphatic rings. The van der Waals surface area contributed by atoms with Crippen molar-refractivity contribution in [2.24, 2.45) is 5.92 Å². The number of hydrogen-bond acceptors (Lipinski definition) is 5. The van der Waals surface area contributed by atoms with Crippen LogP contribution in [0, 0.1) is 11.7 Å². The van der Waals surface area contributed by atoms with E-state index in [0.717, 1.165) is 18.9 Å². The zero-order valence-electron chi connectivity index (χ0n) is 18.9. The Balaban J connectivity index is 1.45. The SMILES string of the molecule is CN(C(=O)C1CC(S(C)(=O)=O)C1)[C@@H](c1ccc(NC2Cc3ccc(Cl)c(F)c3C2)cn1)C(F)(F)F. The topological polar surface area (TPSA) is 79.4 Å². The number of hydrogen-bond donors (Lipinski definition) is 1. The summed E-state index contributed by atoms with van der Waals surface area (Å²) in [5.41, 5.74) is 1.44. The minimum atomic E-state index is -4.78. The molecule has 0 spiro atoms. The van der Waals surface area contributed by atoms with Gasteiger partial charge >= 0.3 is 6.18 Å². The fourth-order valence-electron chi connectivity index (χ4n) is 4.74. The van der Waals surface area contributed by atoms with Gasteiger partial charge in [-0.1, -0.05) is 17.7 Å². The highest BCUT2D eigenvalue weighted by Gasteiger charge is 2.49. The van der Waals surface area contributed by atoms with Crippen LogP contribution in [0.15, 0.2) is 30.5 Å². The van der Waals surface area contributed by atoms with E-state index in [0.29, 0.717) is 29.0 Å². The van der Waals surface area contributed by atoms with Crippen molar-refractivity contribution in [3.05, 3.63) is 58.1 Å². The molecular formula is C23H24ClF4N3O3S. The van der Waals surface area contributed by atoms with E-state index in [1.165, 1.54) is 24.4 Å². The van der Waals surface area contributed by atoms with Gasteiger partial charge < -0.3 is 10.2 Å². The molecule has 1 heterocycles. The van der Waals surface area contributed by atoms with Crippen LogP contribution in [0.25, 0.3) is 0 Å². The number of anilines is 1. The maximum absolute atomic E-state index is 14.2. The predicted molar refractivity (Wildman–Crippen MR) is 123 cm³/mol. The van der Waals surface area contributed by atoms with E-state index < -0.39 is 44.9 Å². The molecular weight excluding hydrogens is 510 g/mol. The fourth-order valence-corrected chi connectivity index (χ4v) is 6.08. The van der Waals surface area contributed by atoms with E-state index in [-0.39, 0.29) is 29.6 Å². The number of pyridine rings is 1. The highest BCUT2D eigenvalue weighted by atomic mass is 35.5. The molecule has 0 radical (unpaired) electrons. The Morgan fingerprint density at radius 2 is 1.89 bits per heavy atom. The summed E-state index contributed by atoms with van der Waals surface area (Å²) in [5, 5.41) is 2.49. The van der Waals surface area contributed by atoms with Crippen molar-refractivity contribution in [1.29, 1.82) is 0 Å². The Kier molecular flexibility index (Phi) is 6.78. The number of aromatic nitrogens is 1. The van der Waals surface area contributed by atoms with Crippen molar-refractivity contribution >= 4 is 33.0 Å². The number of rotatable bonds is 6. The molecule has 2 atom stereocenters. The number of nitrogens with zero attached hydrogens (tertiary/aromatic N) is 2. The Morgan fingerprint density at radius 3 is 2.46 bits per heavy atom. The van der Waals surface area contributed by atoms with Crippen LogP contribution < -0.4 is 5.32 Å². The van der Waals surface area contributed by atoms with Gasteiger partial charge in [0.1, 0.15) is 15.7 Å². The number of amides is 1. The normalized spacial score (nSPS) is 22.8. The summed E-state index contributed by atoms with van der Waals surface area (Å²) in [4.78, 5) is 17.2. The van der Waals surface area contributed by atoms with Gasteiger partial charge in [0.05, 0.1) is 27.9 Å². The molecule has 1 amide bonds. The van der Waals surface area contributed by atoms with Gasteiger partial charge in [0.25, 0.3) is 0 Å². The summed E-state index contributed by atoms with van der Waals surface area (Å²) in [7, 11) is -2.28. The molecule has 1 aromatic carbocycles. The van der Waals surface area contributed by atoms with Gasteiger partial charge in [0, 0.05) is 25.3 Å². The minimum Gasteiger partial charge on any atom is -0.380 e. The Hall–Kier alpha value is -2.40. The molecule has 190 valence electrons. The second-order valence-electron chi connectivity index (χ2n) is 9.23. The van der Waals surface area contributed by atoms with Gasteiger partial charge in [-0.05, 0) is 55.0 Å². The van der Waals surface area contributed by atoms with Crippen molar-refractivity contribution in [3.63, 3.8) is 0 Å². The fraction of sp³-hybridized carbons (Fsp3) is 0.478. The second-order valence-corrected chi connectivity index (χ2v) is 12.0. The first-order valence-corrected chi connectivity index (χ1v) is 13.3. The quantitative estimate of drug-likeness (QED) is 0.559. The van der Waals surface area contributed by atoms with Crippen molar-refractivity contribution in [2.75, 3.05) is 18.6 Å². The molecule has 0 saturated heterocycles. The Morgan fingerprint density at radius 1 is 1.20 bits per heavy atom. The van der Waals surface area contributed by atoms with E-state index in [4.69, 9.17) is 11.6 Å². The van der Waals surface area contributed by atoms with Gasteiger partial charge in [0.2, 0.25) is 5.91 Å². The van der Waals surface area contributed by atoms with Gasteiger partial charge in [-0.25, -0.2) is 12.8 Å². The van der Waals surface area contributed by atoms with Crippen LogP contribution in [0.3, 0.4) is 0 Å². The third kappa shape index (κ3) is 5.25. The molecule has 1 saturated carbocycles. The first kappa shape index (κ1) is 25.7. The molecule has 0 aliphatic heterocycles. The summed E-state index contributed by atoms with van der Waals surface area (Å²) < 4.78 is 79.2. The summed E-state index contributed by atoms with van der Waals surface area (Å²) in [6.07, 6.45) is -1.55. The Bertz CT molecular complexity index is 1230. The van der Waals surface area contributed by atoms with Crippen LogP contribution in [-0.4, -0.2) is 55.0 Å². The molecule has 2 aromatic rings. The first-order chi connectivity index (χ1) is 16.3. The van der Waals surface area contributed by atoms with E-state index in [1.807, 2.05) is 0 Å². The van der Waals surface area contributed by atoms with Crippen molar-refractivity contribution in [3.8, 4) is 0 Å². The molecule has 4 rings (SSSR count). The van der Waals surface area contributed by atoms with Gasteiger partial charge in [-0.15, -0.1) is 0 Å². The maximum Gasteiger partial charge on any atom is 0.414 e. The number of alkyl halides is 3. The third-order valence-electron chi connectivity index (χ3n) is 6.74. The maximum atomic E-state index is 14.2. The molecule has 1 unspecified atom stereocenters. The summed E-state index contributed by atoms with van der Waals surface area (Å²) in [6, 6.07) is 3.45. The molecule has 6 nitrogen and oxygen atoms in total. The highest BCUT2D eigenvalue weighted by molar-refractivity contribution is 7.91. The monoisotopic (exact) mass is 533 g/mol. The number of fused-ring (bicyclic) bond motifs is 1. The van der Waals surface area contributed by atoms with Crippen LogP contribution in [0.1, 0.15) is 35.7 Å². The lowest BCUT2D eigenvalue weighted by Crippen LogP contribution is -2.48. The molecule has 2 aliphatic carbocycles. The number of halogens is 5. The predicted octanol–water partition coefficient (Wildman–Crippen LogP) is 4.34. The van der Waals surface area contributed by atoms with Crippen molar-refractivity contribution in [1.82, 2.24) is 9.88 Å². The van der Waals surface area contributed by atoms with E-state index >= 15 is 0 Å². The molecule has 0 bridgehead atoms. The van der Waals surface area contributed by atoms with Crippen LogP contribution >= 0.6 is 11.6 Å². The van der Waals surface area contributed by atoms with Crippen LogP contribution in [-0.2, 0) is 27.5 Å². The van der Waals surface area contributed by atoms with Crippen molar-refractivity contribution in [2.45, 2.75) is 49.2 Å². The van der Waals surface area contributed by atoms with Gasteiger partial charge in [0.15, 0.2) is 6.04 Å². The number of carbonyl (C=O) groups excluding carboxylic acids is 1. The number of nitrogens with one attached hydrogen (secondary N) is 1. The molecule has 1 N–H and O–H groups in total. The van der Waals surface area contributed by atoms with E-state index in [2.05, 4.69) is 10.3 Å². The summed E-state index contributed by atoms with van der Waals surface area (Å²) in [6.45, 7) is 0. The van der Waals surface area contributed by atoms with Crippen LogP contribution in [0.2, 0.25) is 5.02 Å². The largest absolute Gasteiger partial charge is 0.414 e. The summed E-state index contributed by atoms with van der Waals surface area (Å²) in [5.74, 6) is -2.00. The Labute approximate surface area is 205 Å². The zero-order valence-corrected chi connectivity index (χ0v) is 20.5. The first-order valence-electron chi connectivity index (χ1n) is 11.0.